The van der Waals surface area contributed by atoms with Crippen LogP contribution in [0, 0.1) is 0 Å². The third-order valence-electron chi connectivity index (χ3n) is 2.44. The second kappa shape index (κ2) is 6.67. The van der Waals surface area contributed by atoms with Gasteiger partial charge in [0.25, 0.3) is 5.91 Å². The highest BCUT2D eigenvalue weighted by Gasteiger charge is 2.08. The summed E-state index contributed by atoms with van der Waals surface area (Å²) in [5.74, 6) is -0.409. The minimum absolute atomic E-state index is 0.149. The van der Waals surface area contributed by atoms with Gasteiger partial charge in [0, 0.05) is 11.4 Å². The molecule has 0 unspecified atom stereocenters. The molecular formula is C13H11ClN4O3. The molecule has 108 valence electrons. The van der Waals surface area contributed by atoms with Gasteiger partial charge >= 0.3 is 6.09 Å². The lowest BCUT2D eigenvalue weighted by Crippen LogP contribution is -2.14. The average molecular weight is 307 g/mol. The van der Waals surface area contributed by atoms with Crippen LogP contribution in [0.1, 0.15) is 10.5 Å². The molecule has 7 nitrogen and oxygen atoms in total. The first kappa shape index (κ1) is 14.7. The van der Waals surface area contributed by atoms with Crippen molar-refractivity contribution in [3.05, 3.63) is 47.2 Å². The van der Waals surface area contributed by atoms with E-state index in [1.54, 1.807) is 24.3 Å². The van der Waals surface area contributed by atoms with Gasteiger partial charge in [-0.15, -0.1) is 10.2 Å². The van der Waals surface area contributed by atoms with E-state index in [4.69, 9.17) is 11.6 Å². The Kier molecular flexibility index (Phi) is 4.68. The fourth-order valence-electron chi connectivity index (χ4n) is 1.44. The molecule has 1 aromatic carbocycles. The van der Waals surface area contributed by atoms with Crippen LogP contribution in [0.3, 0.4) is 0 Å². The van der Waals surface area contributed by atoms with Gasteiger partial charge in [-0.2, -0.15) is 0 Å². The van der Waals surface area contributed by atoms with Gasteiger partial charge in [0.15, 0.2) is 10.8 Å². The monoisotopic (exact) mass is 306 g/mol. The van der Waals surface area contributed by atoms with E-state index in [0.29, 0.717) is 11.4 Å². The van der Waals surface area contributed by atoms with E-state index in [0.717, 1.165) is 0 Å². The number of halogens is 1. The summed E-state index contributed by atoms with van der Waals surface area (Å²) in [7, 11) is 1.27. The van der Waals surface area contributed by atoms with Gasteiger partial charge in [-0.05, 0) is 36.4 Å². The number of methoxy groups -OCH3 is 1. The summed E-state index contributed by atoms with van der Waals surface area (Å²) >= 11 is 5.60. The minimum atomic E-state index is -0.566. The molecule has 1 aromatic heterocycles. The number of hydrogen-bond donors (Lipinski definition) is 2. The van der Waals surface area contributed by atoms with Crippen molar-refractivity contribution < 1.29 is 14.3 Å². The van der Waals surface area contributed by atoms with Crippen molar-refractivity contribution in [2.45, 2.75) is 0 Å². The molecule has 2 amide bonds. The van der Waals surface area contributed by atoms with E-state index in [-0.39, 0.29) is 10.8 Å². The summed E-state index contributed by atoms with van der Waals surface area (Å²) in [5.41, 5.74) is 1.24. The van der Waals surface area contributed by atoms with E-state index in [1.165, 1.54) is 19.2 Å². The number of carbonyl (C=O) groups excluding carboxylic acids is 2. The van der Waals surface area contributed by atoms with Crippen molar-refractivity contribution in [3.8, 4) is 0 Å². The molecule has 2 N–H and O–H groups in total. The summed E-state index contributed by atoms with van der Waals surface area (Å²) in [6, 6.07) is 9.46. The van der Waals surface area contributed by atoms with E-state index in [1.807, 2.05) is 0 Å². The van der Waals surface area contributed by atoms with Crippen molar-refractivity contribution >= 4 is 35.0 Å². The predicted octanol–water partition coefficient (Wildman–Crippen LogP) is 2.56. The van der Waals surface area contributed by atoms with Crippen LogP contribution < -0.4 is 10.6 Å². The Balaban J connectivity index is 2.01. The number of benzene rings is 1. The van der Waals surface area contributed by atoms with Crippen LogP contribution in [0.4, 0.5) is 16.2 Å². The number of ether oxygens (including phenoxy) is 1. The zero-order valence-electron chi connectivity index (χ0n) is 11.0. The lowest BCUT2D eigenvalue weighted by atomic mass is 10.2. The largest absolute Gasteiger partial charge is 0.453 e. The quantitative estimate of drug-likeness (QED) is 0.909. The number of aromatic nitrogens is 2. The molecule has 21 heavy (non-hydrogen) atoms. The summed E-state index contributed by atoms with van der Waals surface area (Å²) < 4.78 is 4.47. The lowest BCUT2D eigenvalue weighted by Gasteiger charge is -2.06. The standard InChI is InChI=1S/C13H11ClN4O3/c1-21-13(20)16-9-4-2-8(3-5-9)15-12(19)10-6-7-11(14)18-17-10/h2-7H,1H3,(H,15,19)(H,16,20). The Bertz CT molecular complexity index is 643. The zero-order chi connectivity index (χ0) is 15.2. The highest BCUT2D eigenvalue weighted by atomic mass is 35.5. The van der Waals surface area contributed by atoms with Gasteiger partial charge in [0.05, 0.1) is 7.11 Å². The lowest BCUT2D eigenvalue weighted by molar-refractivity contribution is 0.102. The smallest absolute Gasteiger partial charge is 0.411 e. The van der Waals surface area contributed by atoms with E-state index in [9.17, 15) is 9.59 Å². The molecule has 0 saturated carbocycles. The second-order valence-electron chi connectivity index (χ2n) is 3.89. The van der Waals surface area contributed by atoms with Crippen LogP contribution in [0.5, 0.6) is 0 Å². The van der Waals surface area contributed by atoms with Crippen molar-refractivity contribution in [2.24, 2.45) is 0 Å². The summed E-state index contributed by atoms with van der Waals surface area (Å²) in [5, 5.41) is 12.6. The number of nitrogens with zero attached hydrogens (tertiary/aromatic N) is 2. The summed E-state index contributed by atoms with van der Waals surface area (Å²) in [4.78, 5) is 22.9. The maximum absolute atomic E-state index is 11.9. The van der Waals surface area contributed by atoms with E-state index >= 15 is 0 Å². The Hall–Kier alpha value is -2.67. The van der Waals surface area contributed by atoms with Crippen molar-refractivity contribution in [1.82, 2.24) is 10.2 Å². The van der Waals surface area contributed by atoms with E-state index < -0.39 is 12.0 Å². The first-order valence-corrected chi connectivity index (χ1v) is 6.22. The molecule has 0 bridgehead atoms. The van der Waals surface area contributed by atoms with Crippen LogP contribution in [-0.4, -0.2) is 29.3 Å². The fourth-order valence-corrected chi connectivity index (χ4v) is 1.54. The maximum atomic E-state index is 11.9. The molecule has 0 saturated heterocycles. The Morgan fingerprint density at radius 3 is 2.14 bits per heavy atom. The van der Waals surface area contributed by atoms with Gasteiger partial charge in [-0.3, -0.25) is 10.1 Å². The van der Waals surface area contributed by atoms with E-state index in [2.05, 4.69) is 25.6 Å². The van der Waals surface area contributed by atoms with Gasteiger partial charge in [-0.25, -0.2) is 4.79 Å². The van der Waals surface area contributed by atoms with Gasteiger partial charge < -0.3 is 10.1 Å². The Labute approximate surface area is 125 Å². The molecule has 1 heterocycles. The van der Waals surface area contributed by atoms with Gasteiger partial charge in [-0.1, -0.05) is 11.6 Å². The second-order valence-corrected chi connectivity index (χ2v) is 4.28. The molecule has 8 heteroatoms. The molecule has 0 radical (unpaired) electrons. The van der Waals surface area contributed by atoms with Crippen LogP contribution >= 0.6 is 11.6 Å². The number of anilines is 2. The SMILES string of the molecule is COC(=O)Nc1ccc(NC(=O)c2ccc(Cl)nn2)cc1. The molecule has 2 aromatic rings. The van der Waals surface area contributed by atoms with Crippen molar-refractivity contribution in [1.29, 1.82) is 0 Å². The molecule has 0 spiro atoms. The molecule has 0 aliphatic carbocycles. The third kappa shape index (κ3) is 4.15. The van der Waals surface area contributed by atoms with Crippen LogP contribution in [0.15, 0.2) is 36.4 Å². The van der Waals surface area contributed by atoms with Crippen LogP contribution in [0.25, 0.3) is 0 Å². The van der Waals surface area contributed by atoms with Crippen LogP contribution in [0.2, 0.25) is 5.15 Å². The molecular weight excluding hydrogens is 296 g/mol. The number of carbonyl (C=O) groups is 2. The number of nitrogens with one attached hydrogen (secondary N) is 2. The fraction of sp³-hybridized carbons (Fsp3) is 0.0769. The molecule has 0 aliphatic rings. The minimum Gasteiger partial charge on any atom is -0.453 e. The van der Waals surface area contributed by atoms with Crippen molar-refractivity contribution in [2.75, 3.05) is 17.7 Å². The number of rotatable bonds is 3. The highest BCUT2D eigenvalue weighted by Crippen LogP contribution is 2.14. The molecule has 0 atom stereocenters. The third-order valence-corrected chi connectivity index (χ3v) is 2.64. The Morgan fingerprint density at radius 1 is 1.00 bits per heavy atom. The van der Waals surface area contributed by atoms with Gasteiger partial charge in [0.2, 0.25) is 0 Å². The predicted molar refractivity (Wildman–Crippen MR) is 77.5 cm³/mol. The maximum Gasteiger partial charge on any atom is 0.411 e. The van der Waals surface area contributed by atoms with Gasteiger partial charge in [0.1, 0.15) is 0 Å². The summed E-state index contributed by atoms with van der Waals surface area (Å²) in [6.45, 7) is 0. The average Bonchev–Trinajstić information content (AvgIpc) is 2.49. The Morgan fingerprint density at radius 2 is 1.62 bits per heavy atom. The first-order chi connectivity index (χ1) is 10.1. The van der Waals surface area contributed by atoms with Crippen molar-refractivity contribution in [3.63, 3.8) is 0 Å². The normalized spacial score (nSPS) is 9.81. The number of hydrogen-bond acceptors (Lipinski definition) is 5. The number of amides is 2. The summed E-state index contributed by atoms with van der Waals surface area (Å²) in [6.07, 6.45) is -0.566. The molecule has 0 aliphatic heterocycles. The first-order valence-electron chi connectivity index (χ1n) is 5.84. The zero-order valence-corrected chi connectivity index (χ0v) is 11.7. The molecule has 2 rings (SSSR count). The molecule has 0 fully saturated rings. The highest BCUT2D eigenvalue weighted by molar-refractivity contribution is 6.29. The van der Waals surface area contributed by atoms with Crippen LogP contribution in [-0.2, 0) is 4.74 Å². The topological polar surface area (TPSA) is 93.2 Å².